The second kappa shape index (κ2) is 5.36. The van der Waals surface area contributed by atoms with Gasteiger partial charge in [-0.2, -0.15) is 13.2 Å². The molecule has 1 aromatic rings. The maximum atomic E-state index is 12.5. The quantitative estimate of drug-likeness (QED) is 0.842. The van der Waals surface area contributed by atoms with E-state index < -0.39 is 21.8 Å². The van der Waals surface area contributed by atoms with Crippen molar-refractivity contribution in [2.45, 2.75) is 25.1 Å². The van der Waals surface area contributed by atoms with Crippen LogP contribution in [0.25, 0.3) is 0 Å². The molecule has 0 aliphatic carbocycles. The van der Waals surface area contributed by atoms with E-state index in [0.717, 1.165) is 0 Å². The molecule has 0 amide bonds. The molecule has 0 bridgehead atoms. The summed E-state index contributed by atoms with van der Waals surface area (Å²) in [5.41, 5.74) is 0. The predicted molar refractivity (Wildman–Crippen MR) is 67.3 cm³/mol. The van der Waals surface area contributed by atoms with Crippen LogP contribution in [0, 0.1) is 0 Å². The molecule has 2 heterocycles. The molecular formula is C10H11ClF3N3O2S. The van der Waals surface area contributed by atoms with Gasteiger partial charge in [0.2, 0.25) is 5.82 Å². The molecule has 5 nitrogen and oxygen atoms in total. The van der Waals surface area contributed by atoms with Crippen molar-refractivity contribution in [2.24, 2.45) is 0 Å². The van der Waals surface area contributed by atoms with Crippen LogP contribution in [0.1, 0.15) is 18.7 Å². The van der Waals surface area contributed by atoms with E-state index in [1.54, 1.807) is 0 Å². The Morgan fingerprint density at radius 3 is 2.40 bits per heavy atom. The third kappa shape index (κ3) is 3.95. The molecule has 0 unspecified atom stereocenters. The van der Waals surface area contributed by atoms with Gasteiger partial charge in [-0.15, -0.1) is 0 Å². The van der Waals surface area contributed by atoms with Crippen molar-refractivity contribution < 1.29 is 21.6 Å². The highest BCUT2D eigenvalue weighted by Crippen LogP contribution is 2.28. The first-order valence-electron chi connectivity index (χ1n) is 5.74. The number of hydrogen-bond acceptors (Lipinski definition) is 5. The molecule has 112 valence electrons. The topological polar surface area (TPSA) is 72.0 Å². The van der Waals surface area contributed by atoms with Gasteiger partial charge in [0.1, 0.15) is 20.8 Å². The summed E-state index contributed by atoms with van der Waals surface area (Å²) in [6.07, 6.45) is -4.03. The van der Waals surface area contributed by atoms with Crippen molar-refractivity contribution in [1.29, 1.82) is 0 Å². The number of anilines is 1. The Hall–Kier alpha value is -1.09. The summed E-state index contributed by atoms with van der Waals surface area (Å²) in [6.45, 7) is 0. The third-order valence-electron chi connectivity index (χ3n) is 2.86. The van der Waals surface area contributed by atoms with E-state index in [0.29, 0.717) is 12.8 Å². The maximum absolute atomic E-state index is 12.5. The van der Waals surface area contributed by atoms with Gasteiger partial charge in [-0.05, 0) is 12.8 Å². The van der Waals surface area contributed by atoms with E-state index in [1.807, 2.05) is 0 Å². The molecule has 10 heteroatoms. The van der Waals surface area contributed by atoms with E-state index in [2.05, 4.69) is 15.3 Å². The van der Waals surface area contributed by atoms with Gasteiger partial charge in [-0.3, -0.25) is 0 Å². The fourth-order valence-corrected chi connectivity index (χ4v) is 3.54. The molecule has 1 saturated heterocycles. The van der Waals surface area contributed by atoms with Crippen LogP contribution in [0.2, 0.25) is 5.15 Å². The highest BCUT2D eigenvalue weighted by Gasteiger charge is 2.35. The Morgan fingerprint density at radius 1 is 1.25 bits per heavy atom. The molecule has 0 saturated carbocycles. The Balaban J connectivity index is 2.12. The largest absolute Gasteiger partial charge is 0.451 e. The van der Waals surface area contributed by atoms with Crippen LogP contribution in [-0.2, 0) is 16.0 Å². The summed E-state index contributed by atoms with van der Waals surface area (Å²) in [5.74, 6) is -1.36. The van der Waals surface area contributed by atoms with Crippen molar-refractivity contribution in [2.75, 3.05) is 16.8 Å². The molecule has 1 aliphatic heterocycles. The van der Waals surface area contributed by atoms with Gasteiger partial charge >= 0.3 is 6.18 Å². The lowest BCUT2D eigenvalue weighted by Gasteiger charge is -2.23. The van der Waals surface area contributed by atoms with Crippen molar-refractivity contribution in [1.82, 2.24) is 9.97 Å². The van der Waals surface area contributed by atoms with Crippen molar-refractivity contribution >= 4 is 27.3 Å². The first kappa shape index (κ1) is 15.3. The third-order valence-corrected chi connectivity index (χ3v) is 4.76. The summed E-state index contributed by atoms with van der Waals surface area (Å²) >= 11 is 5.53. The zero-order chi connectivity index (χ0) is 15.0. The first-order valence-corrected chi connectivity index (χ1v) is 7.94. The summed E-state index contributed by atoms with van der Waals surface area (Å²) in [6, 6.07) is 0.936. The average molecular weight is 330 g/mol. The smallest absolute Gasteiger partial charge is 0.367 e. The number of nitrogens with one attached hydrogen (secondary N) is 1. The molecule has 2 rings (SSSR count). The van der Waals surface area contributed by atoms with E-state index in [9.17, 15) is 21.6 Å². The number of hydrogen-bond donors (Lipinski definition) is 1. The van der Waals surface area contributed by atoms with Gasteiger partial charge in [-0.1, -0.05) is 11.6 Å². The zero-order valence-electron chi connectivity index (χ0n) is 10.1. The number of nitrogens with zero attached hydrogens (tertiary/aromatic N) is 2. The van der Waals surface area contributed by atoms with Crippen LogP contribution in [0.4, 0.5) is 19.0 Å². The van der Waals surface area contributed by atoms with Crippen LogP contribution in [0.3, 0.4) is 0 Å². The van der Waals surface area contributed by atoms with Gasteiger partial charge < -0.3 is 5.32 Å². The van der Waals surface area contributed by atoms with E-state index in [-0.39, 0.29) is 28.5 Å². The summed E-state index contributed by atoms with van der Waals surface area (Å²) in [7, 11) is -3.03. The lowest BCUT2D eigenvalue weighted by molar-refractivity contribution is -0.144. The second-order valence-corrected chi connectivity index (χ2v) is 7.16. The van der Waals surface area contributed by atoms with Crippen LogP contribution < -0.4 is 5.32 Å². The summed E-state index contributed by atoms with van der Waals surface area (Å²) < 4.78 is 60.1. The van der Waals surface area contributed by atoms with Crippen LogP contribution >= 0.6 is 11.6 Å². The highest BCUT2D eigenvalue weighted by molar-refractivity contribution is 7.91. The monoisotopic (exact) mass is 329 g/mol. The van der Waals surface area contributed by atoms with Gasteiger partial charge in [0.15, 0.2) is 0 Å². The van der Waals surface area contributed by atoms with E-state index in [1.165, 1.54) is 6.07 Å². The minimum Gasteiger partial charge on any atom is -0.367 e. The molecule has 0 atom stereocenters. The number of alkyl halides is 3. The Kier molecular flexibility index (Phi) is 4.10. The van der Waals surface area contributed by atoms with Crippen molar-refractivity contribution in [3.8, 4) is 0 Å². The van der Waals surface area contributed by atoms with Gasteiger partial charge in [0.05, 0.1) is 11.5 Å². The van der Waals surface area contributed by atoms with E-state index >= 15 is 0 Å². The Bertz CT molecular complexity index is 592. The fourth-order valence-electron chi connectivity index (χ4n) is 1.86. The maximum Gasteiger partial charge on any atom is 0.451 e. The zero-order valence-corrected chi connectivity index (χ0v) is 11.7. The van der Waals surface area contributed by atoms with Crippen LogP contribution in [0.15, 0.2) is 6.07 Å². The minimum absolute atomic E-state index is 0.00953. The average Bonchev–Trinajstić information content (AvgIpc) is 2.30. The van der Waals surface area contributed by atoms with Crippen LogP contribution in [0.5, 0.6) is 0 Å². The minimum atomic E-state index is -4.68. The molecule has 1 aliphatic rings. The number of sulfone groups is 1. The molecule has 0 radical (unpaired) electrons. The summed E-state index contributed by atoms with van der Waals surface area (Å²) in [4.78, 5) is 6.47. The molecule has 1 aromatic heterocycles. The predicted octanol–water partition coefficient (Wildman–Crippen LogP) is 2.14. The highest BCUT2D eigenvalue weighted by atomic mass is 35.5. The second-order valence-electron chi connectivity index (χ2n) is 4.47. The first-order chi connectivity index (χ1) is 9.16. The Labute approximate surface area is 118 Å². The van der Waals surface area contributed by atoms with Gasteiger partial charge in [-0.25, -0.2) is 18.4 Å². The van der Waals surface area contributed by atoms with Crippen molar-refractivity contribution in [3.05, 3.63) is 17.0 Å². The van der Waals surface area contributed by atoms with Crippen molar-refractivity contribution in [3.63, 3.8) is 0 Å². The van der Waals surface area contributed by atoms with E-state index in [4.69, 9.17) is 11.6 Å². The molecule has 20 heavy (non-hydrogen) atoms. The molecule has 0 spiro atoms. The normalized spacial score (nSPS) is 19.8. The standard InChI is InChI=1S/C10H11ClF3N3O2S/c11-7-5-8(17-9(16-7)10(12,13)14)15-6-1-3-20(18,19)4-2-6/h5-6H,1-4H2,(H,15,16,17). The van der Waals surface area contributed by atoms with Gasteiger partial charge in [0.25, 0.3) is 0 Å². The summed E-state index contributed by atoms with van der Waals surface area (Å²) in [5, 5.41) is 2.45. The molecular weight excluding hydrogens is 319 g/mol. The lowest BCUT2D eigenvalue weighted by Crippen LogP contribution is -2.32. The fraction of sp³-hybridized carbons (Fsp3) is 0.600. The number of aromatic nitrogens is 2. The lowest BCUT2D eigenvalue weighted by atomic mass is 10.1. The van der Waals surface area contributed by atoms with Gasteiger partial charge in [0, 0.05) is 12.1 Å². The number of rotatable bonds is 2. The van der Waals surface area contributed by atoms with Crippen LogP contribution in [-0.4, -0.2) is 35.9 Å². The SMILES string of the molecule is O=S1(=O)CCC(Nc2cc(Cl)nc(C(F)(F)F)n2)CC1. The molecule has 0 aromatic carbocycles. The Morgan fingerprint density at radius 2 is 1.85 bits per heavy atom. The molecule has 1 fully saturated rings. The number of halogens is 4. The molecule has 1 N–H and O–H groups in total.